The maximum absolute atomic E-state index is 6.23. The van der Waals surface area contributed by atoms with E-state index in [-0.39, 0.29) is 0 Å². The first-order valence-corrected chi connectivity index (χ1v) is 6.41. The van der Waals surface area contributed by atoms with Crippen molar-refractivity contribution < 1.29 is 0 Å². The average molecular weight is 323 g/mol. The Labute approximate surface area is 100 Å². The molecule has 68 valence electrons. The molecule has 0 radical (unpaired) electrons. The van der Waals surface area contributed by atoms with Gasteiger partial charge < -0.3 is 0 Å². The minimum atomic E-state index is 0.929. The Morgan fingerprint density at radius 3 is 3.00 bits per heavy atom. The molecule has 2 aromatic rings. The van der Waals surface area contributed by atoms with Gasteiger partial charge in [0.1, 0.15) is 0 Å². The molecule has 0 bridgehead atoms. The van der Waals surface area contributed by atoms with E-state index >= 15 is 0 Å². The fourth-order valence-corrected chi connectivity index (χ4v) is 3.44. The summed E-state index contributed by atoms with van der Waals surface area (Å²) in [6.45, 7) is 2.15. The molecule has 0 aliphatic carbocycles. The Hall–Kier alpha value is 0.200. The molecule has 0 saturated heterocycles. The van der Waals surface area contributed by atoms with Crippen LogP contribution in [0.4, 0.5) is 0 Å². The zero-order chi connectivity index (χ0) is 9.42. The second kappa shape index (κ2) is 3.75. The van der Waals surface area contributed by atoms with Crippen molar-refractivity contribution in [1.29, 1.82) is 0 Å². The summed E-state index contributed by atoms with van der Waals surface area (Å²) < 4.78 is 2.50. The summed E-state index contributed by atoms with van der Waals surface area (Å²) >= 11 is 10.3. The number of hydrogen-bond acceptors (Lipinski definition) is 1. The molecule has 1 heterocycles. The van der Waals surface area contributed by atoms with E-state index < -0.39 is 0 Å². The van der Waals surface area contributed by atoms with Gasteiger partial charge in [-0.1, -0.05) is 18.5 Å². The molecular formula is C10H8ClIS. The molecule has 0 unspecified atom stereocenters. The number of benzene rings is 1. The molecule has 2 rings (SSSR count). The van der Waals surface area contributed by atoms with E-state index in [1.54, 1.807) is 11.3 Å². The van der Waals surface area contributed by atoms with Gasteiger partial charge in [-0.3, -0.25) is 0 Å². The Balaban J connectivity index is 2.87. The molecule has 0 N–H and O–H groups in total. The molecule has 0 spiro atoms. The summed E-state index contributed by atoms with van der Waals surface area (Å²) in [5, 5.41) is 4.37. The first-order chi connectivity index (χ1) is 6.24. The van der Waals surface area contributed by atoms with Crippen LogP contribution < -0.4 is 0 Å². The fraction of sp³-hybridized carbons (Fsp3) is 0.200. The van der Waals surface area contributed by atoms with Gasteiger partial charge in [-0.15, -0.1) is 11.3 Å². The van der Waals surface area contributed by atoms with Crippen LogP contribution in [0.5, 0.6) is 0 Å². The van der Waals surface area contributed by atoms with E-state index in [2.05, 4.69) is 47.0 Å². The summed E-state index contributed by atoms with van der Waals surface area (Å²) in [5.41, 5.74) is 1.29. The summed E-state index contributed by atoms with van der Waals surface area (Å²) in [5.74, 6) is 0. The number of hydrogen-bond donors (Lipinski definition) is 0. The van der Waals surface area contributed by atoms with E-state index in [0.717, 1.165) is 15.0 Å². The SMILES string of the molecule is CCc1c(Cl)c(I)cc2ccsc12. The largest absolute Gasteiger partial charge is 0.143 e. The lowest BCUT2D eigenvalue weighted by Crippen LogP contribution is -1.85. The molecule has 0 aliphatic heterocycles. The monoisotopic (exact) mass is 322 g/mol. The van der Waals surface area contributed by atoms with Gasteiger partial charge in [0, 0.05) is 8.27 Å². The molecule has 0 fully saturated rings. The predicted molar refractivity (Wildman–Crippen MR) is 68.9 cm³/mol. The standard InChI is InChI=1S/C10H8ClIS/c1-2-7-9(11)8(12)5-6-3-4-13-10(6)7/h3-5H,2H2,1H3. The summed E-state index contributed by atoms with van der Waals surface area (Å²) in [6.07, 6.45) is 1.01. The van der Waals surface area contributed by atoms with Crippen molar-refractivity contribution in [3.63, 3.8) is 0 Å². The lowest BCUT2D eigenvalue weighted by molar-refractivity contribution is 1.16. The molecule has 1 aromatic heterocycles. The second-order valence-electron chi connectivity index (χ2n) is 2.84. The zero-order valence-corrected chi connectivity index (χ0v) is 10.8. The minimum Gasteiger partial charge on any atom is -0.143 e. The highest BCUT2D eigenvalue weighted by Crippen LogP contribution is 2.34. The molecule has 3 heteroatoms. The molecule has 0 aliphatic rings. The van der Waals surface area contributed by atoms with Gasteiger partial charge in [0.15, 0.2) is 0 Å². The number of halogens is 2. The molecule has 1 aromatic carbocycles. The number of thiophene rings is 1. The highest BCUT2D eigenvalue weighted by atomic mass is 127. The first kappa shape index (κ1) is 9.74. The van der Waals surface area contributed by atoms with E-state index in [1.807, 2.05) is 0 Å². The molecule has 13 heavy (non-hydrogen) atoms. The fourth-order valence-electron chi connectivity index (χ4n) is 1.44. The van der Waals surface area contributed by atoms with E-state index in [4.69, 9.17) is 11.6 Å². The van der Waals surface area contributed by atoms with Crippen LogP contribution in [0.25, 0.3) is 10.1 Å². The van der Waals surface area contributed by atoms with Crippen LogP contribution >= 0.6 is 45.5 Å². The second-order valence-corrected chi connectivity index (χ2v) is 5.30. The first-order valence-electron chi connectivity index (χ1n) is 4.08. The van der Waals surface area contributed by atoms with Crippen molar-refractivity contribution in [3.05, 3.63) is 31.7 Å². The zero-order valence-electron chi connectivity index (χ0n) is 7.10. The summed E-state index contributed by atoms with van der Waals surface area (Å²) in [4.78, 5) is 0. The van der Waals surface area contributed by atoms with Gasteiger partial charge in [-0.25, -0.2) is 0 Å². The van der Waals surface area contributed by atoms with Crippen molar-refractivity contribution >= 4 is 55.6 Å². The Kier molecular flexibility index (Phi) is 2.81. The van der Waals surface area contributed by atoms with Crippen molar-refractivity contribution in [1.82, 2.24) is 0 Å². The van der Waals surface area contributed by atoms with E-state index in [1.165, 1.54) is 15.6 Å². The van der Waals surface area contributed by atoms with Crippen LogP contribution in [0.1, 0.15) is 12.5 Å². The normalized spacial score (nSPS) is 11.0. The van der Waals surface area contributed by atoms with E-state index in [0.29, 0.717) is 0 Å². The van der Waals surface area contributed by atoms with Crippen molar-refractivity contribution in [3.8, 4) is 0 Å². The quantitative estimate of drug-likeness (QED) is 0.666. The Morgan fingerprint density at radius 2 is 2.31 bits per heavy atom. The average Bonchev–Trinajstić information content (AvgIpc) is 2.54. The lowest BCUT2D eigenvalue weighted by Gasteiger charge is -2.04. The maximum atomic E-state index is 6.23. The third-order valence-corrected chi connectivity index (χ3v) is 4.67. The lowest BCUT2D eigenvalue weighted by atomic mass is 10.1. The van der Waals surface area contributed by atoms with Crippen molar-refractivity contribution in [2.24, 2.45) is 0 Å². The van der Waals surface area contributed by atoms with Crippen LogP contribution in [0, 0.1) is 3.57 Å². The van der Waals surface area contributed by atoms with Crippen LogP contribution in [0.2, 0.25) is 5.02 Å². The van der Waals surface area contributed by atoms with E-state index in [9.17, 15) is 0 Å². The number of fused-ring (bicyclic) bond motifs is 1. The van der Waals surface area contributed by atoms with Gasteiger partial charge in [-0.2, -0.15) is 0 Å². The maximum Gasteiger partial charge on any atom is 0.0585 e. The van der Waals surface area contributed by atoms with Gasteiger partial charge >= 0.3 is 0 Å². The summed E-state index contributed by atoms with van der Waals surface area (Å²) in [7, 11) is 0. The van der Waals surface area contributed by atoms with Crippen LogP contribution in [-0.2, 0) is 6.42 Å². The highest BCUT2D eigenvalue weighted by molar-refractivity contribution is 14.1. The topological polar surface area (TPSA) is 0 Å². The third-order valence-electron chi connectivity index (χ3n) is 2.08. The molecule has 0 nitrogen and oxygen atoms in total. The van der Waals surface area contributed by atoms with Crippen molar-refractivity contribution in [2.75, 3.05) is 0 Å². The Bertz CT molecular complexity index is 447. The van der Waals surface area contributed by atoms with Gasteiger partial charge in [-0.05, 0) is 57.5 Å². The molecule has 0 atom stereocenters. The third kappa shape index (κ3) is 1.60. The minimum absolute atomic E-state index is 0.929. The number of rotatable bonds is 1. The van der Waals surface area contributed by atoms with Crippen LogP contribution in [0.3, 0.4) is 0 Å². The smallest absolute Gasteiger partial charge is 0.0585 e. The van der Waals surface area contributed by atoms with Gasteiger partial charge in [0.05, 0.1) is 5.02 Å². The predicted octanol–water partition coefficient (Wildman–Crippen LogP) is 4.72. The summed E-state index contributed by atoms with van der Waals surface area (Å²) in [6, 6.07) is 4.30. The van der Waals surface area contributed by atoms with Crippen LogP contribution in [-0.4, -0.2) is 0 Å². The highest BCUT2D eigenvalue weighted by Gasteiger charge is 2.09. The molecule has 0 amide bonds. The molecule has 0 saturated carbocycles. The molecular weight excluding hydrogens is 315 g/mol. The van der Waals surface area contributed by atoms with Gasteiger partial charge in [0.2, 0.25) is 0 Å². The van der Waals surface area contributed by atoms with Gasteiger partial charge in [0.25, 0.3) is 0 Å². The van der Waals surface area contributed by atoms with Crippen LogP contribution in [0.15, 0.2) is 17.5 Å². The number of aryl methyl sites for hydroxylation is 1. The Morgan fingerprint density at radius 1 is 1.54 bits per heavy atom. The van der Waals surface area contributed by atoms with Crippen molar-refractivity contribution in [2.45, 2.75) is 13.3 Å².